The number of carbonyl (C=O) groups excluding carboxylic acids is 1. The Morgan fingerprint density at radius 1 is 1.21 bits per heavy atom. The molecule has 0 unspecified atom stereocenters. The fourth-order valence-corrected chi connectivity index (χ4v) is 4.16. The van der Waals surface area contributed by atoms with Crippen molar-refractivity contribution in [2.45, 2.75) is 45.5 Å². The van der Waals surface area contributed by atoms with Crippen molar-refractivity contribution in [1.82, 2.24) is 34.4 Å². The maximum Gasteiger partial charge on any atom is 0.392 e. The SMILES string of the molecule is CCc1nc2ncccn2c1C(=O)NCc1ccc(-c2nc3n(n2)CC[C@@H](C(F)(F)F)C3)cc1. The second-order valence-electron chi connectivity index (χ2n) is 8.24. The number of rotatable bonds is 5. The van der Waals surface area contributed by atoms with Crippen LogP contribution in [0.2, 0.25) is 0 Å². The van der Waals surface area contributed by atoms with Crippen LogP contribution in [0.4, 0.5) is 13.2 Å². The van der Waals surface area contributed by atoms with Gasteiger partial charge in [-0.05, 0) is 24.5 Å². The lowest BCUT2D eigenvalue weighted by atomic mass is 9.98. The van der Waals surface area contributed by atoms with Gasteiger partial charge in [0.2, 0.25) is 5.78 Å². The molecule has 3 aromatic heterocycles. The lowest BCUT2D eigenvalue weighted by Crippen LogP contribution is -2.31. The normalized spacial score (nSPS) is 15.9. The smallest absolute Gasteiger partial charge is 0.347 e. The Hall–Kier alpha value is -3.76. The number of carbonyl (C=O) groups is 1. The van der Waals surface area contributed by atoms with Crippen LogP contribution in [0.25, 0.3) is 17.2 Å². The summed E-state index contributed by atoms with van der Waals surface area (Å²) in [5.74, 6) is -0.386. The minimum absolute atomic E-state index is 0.0141. The van der Waals surface area contributed by atoms with E-state index in [1.54, 1.807) is 39.7 Å². The molecule has 1 aliphatic heterocycles. The van der Waals surface area contributed by atoms with Gasteiger partial charge in [-0.3, -0.25) is 9.20 Å². The average Bonchev–Trinajstić information content (AvgIpc) is 3.43. The number of hydrogen-bond donors (Lipinski definition) is 1. The molecule has 11 heteroatoms. The second kappa shape index (κ2) is 8.54. The van der Waals surface area contributed by atoms with E-state index in [4.69, 9.17) is 0 Å². The highest BCUT2D eigenvalue weighted by Crippen LogP contribution is 2.34. The fourth-order valence-electron chi connectivity index (χ4n) is 4.16. The lowest BCUT2D eigenvalue weighted by Gasteiger charge is -2.24. The van der Waals surface area contributed by atoms with Gasteiger partial charge in [0.05, 0.1) is 11.6 Å². The monoisotopic (exact) mass is 469 g/mol. The third kappa shape index (κ3) is 4.13. The molecule has 34 heavy (non-hydrogen) atoms. The van der Waals surface area contributed by atoms with E-state index in [1.807, 2.05) is 19.1 Å². The Bertz CT molecular complexity index is 1340. The summed E-state index contributed by atoms with van der Waals surface area (Å²) in [5, 5.41) is 7.29. The molecule has 1 aliphatic rings. The molecule has 0 saturated carbocycles. The minimum Gasteiger partial charge on any atom is -0.347 e. The Morgan fingerprint density at radius 2 is 2.00 bits per heavy atom. The van der Waals surface area contributed by atoms with Crippen molar-refractivity contribution in [2.24, 2.45) is 5.92 Å². The van der Waals surface area contributed by atoms with Gasteiger partial charge in [0.1, 0.15) is 11.5 Å². The molecule has 176 valence electrons. The molecule has 5 rings (SSSR count). The van der Waals surface area contributed by atoms with E-state index in [1.165, 1.54) is 0 Å². The van der Waals surface area contributed by atoms with E-state index >= 15 is 0 Å². The number of halogens is 3. The van der Waals surface area contributed by atoms with Crippen molar-refractivity contribution in [3.05, 3.63) is 65.5 Å². The second-order valence-corrected chi connectivity index (χ2v) is 8.24. The van der Waals surface area contributed by atoms with E-state index in [0.29, 0.717) is 47.3 Å². The number of nitrogens with zero attached hydrogens (tertiary/aromatic N) is 6. The van der Waals surface area contributed by atoms with E-state index in [2.05, 4.69) is 25.4 Å². The van der Waals surface area contributed by atoms with Crippen LogP contribution in [-0.4, -0.2) is 41.2 Å². The maximum absolute atomic E-state index is 13.1. The van der Waals surface area contributed by atoms with E-state index < -0.39 is 12.1 Å². The van der Waals surface area contributed by atoms with Gasteiger partial charge in [-0.15, -0.1) is 0 Å². The molecule has 1 amide bonds. The van der Waals surface area contributed by atoms with Gasteiger partial charge in [-0.25, -0.2) is 19.6 Å². The van der Waals surface area contributed by atoms with E-state index in [-0.39, 0.29) is 25.3 Å². The number of hydrogen-bond acceptors (Lipinski definition) is 5. The highest BCUT2D eigenvalue weighted by molar-refractivity contribution is 5.94. The molecule has 4 heterocycles. The summed E-state index contributed by atoms with van der Waals surface area (Å²) in [6.45, 7) is 2.44. The number of imidazole rings is 1. The Kier molecular flexibility index (Phi) is 5.54. The van der Waals surface area contributed by atoms with Crippen molar-refractivity contribution in [3.63, 3.8) is 0 Å². The summed E-state index contributed by atoms with van der Waals surface area (Å²) in [6, 6.07) is 9.03. The molecule has 0 aliphatic carbocycles. The van der Waals surface area contributed by atoms with Crippen molar-refractivity contribution < 1.29 is 18.0 Å². The van der Waals surface area contributed by atoms with Crippen molar-refractivity contribution in [1.29, 1.82) is 0 Å². The predicted octanol–water partition coefficient (Wildman–Crippen LogP) is 3.60. The average molecular weight is 469 g/mol. The minimum atomic E-state index is -4.22. The van der Waals surface area contributed by atoms with Crippen LogP contribution in [0.15, 0.2) is 42.7 Å². The molecule has 1 atom stereocenters. The number of alkyl halides is 3. The zero-order chi connectivity index (χ0) is 23.9. The molecule has 0 spiro atoms. The first kappa shape index (κ1) is 22.1. The first-order chi connectivity index (χ1) is 16.3. The van der Waals surface area contributed by atoms with Crippen LogP contribution in [0, 0.1) is 5.92 Å². The first-order valence-electron chi connectivity index (χ1n) is 11.0. The molecular weight excluding hydrogens is 447 g/mol. The highest BCUT2D eigenvalue weighted by Gasteiger charge is 2.42. The molecule has 1 N–H and O–H groups in total. The van der Waals surface area contributed by atoms with Crippen molar-refractivity contribution >= 4 is 11.7 Å². The standard InChI is InChI=1S/C23H22F3N7O/c1-2-17-19(32-10-3-9-27-22(32)29-17)21(34)28-13-14-4-6-15(7-5-14)20-30-18-12-16(23(24,25)26)8-11-33(18)31-20/h3-7,9-10,16H,2,8,11-13H2,1H3,(H,28,34)/t16-/m1/s1. The Morgan fingerprint density at radius 3 is 2.74 bits per heavy atom. The largest absolute Gasteiger partial charge is 0.392 e. The molecule has 8 nitrogen and oxygen atoms in total. The quantitative estimate of drug-likeness (QED) is 0.482. The Balaban J connectivity index is 1.27. The summed E-state index contributed by atoms with van der Waals surface area (Å²) >= 11 is 0. The van der Waals surface area contributed by atoms with Gasteiger partial charge in [-0.2, -0.15) is 18.3 Å². The number of aromatic nitrogens is 6. The van der Waals surface area contributed by atoms with Crippen LogP contribution >= 0.6 is 0 Å². The maximum atomic E-state index is 13.1. The number of benzene rings is 1. The lowest BCUT2D eigenvalue weighted by molar-refractivity contribution is -0.179. The zero-order valence-electron chi connectivity index (χ0n) is 18.4. The number of amides is 1. The van der Waals surface area contributed by atoms with Gasteiger partial charge in [-0.1, -0.05) is 31.2 Å². The molecule has 4 aromatic rings. The number of fused-ring (bicyclic) bond motifs is 2. The van der Waals surface area contributed by atoms with Crippen LogP contribution in [0.3, 0.4) is 0 Å². The fraction of sp³-hybridized carbons (Fsp3) is 0.348. The summed E-state index contributed by atoms with van der Waals surface area (Å²) in [7, 11) is 0. The molecule has 1 aromatic carbocycles. The van der Waals surface area contributed by atoms with Gasteiger partial charge in [0.15, 0.2) is 5.82 Å². The highest BCUT2D eigenvalue weighted by atomic mass is 19.4. The first-order valence-corrected chi connectivity index (χ1v) is 11.0. The third-order valence-electron chi connectivity index (χ3n) is 6.02. The molecule has 0 bridgehead atoms. The molecule has 0 radical (unpaired) electrons. The number of aryl methyl sites for hydroxylation is 2. The topological polar surface area (TPSA) is 90.0 Å². The van der Waals surface area contributed by atoms with Gasteiger partial charge < -0.3 is 5.32 Å². The van der Waals surface area contributed by atoms with Crippen molar-refractivity contribution in [2.75, 3.05) is 0 Å². The summed E-state index contributed by atoms with van der Waals surface area (Å²) < 4.78 is 42.4. The van der Waals surface area contributed by atoms with Crippen molar-refractivity contribution in [3.8, 4) is 11.4 Å². The third-order valence-corrected chi connectivity index (χ3v) is 6.02. The molecule has 0 saturated heterocycles. The summed E-state index contributed by atoms with van der Waals surface area (Å²) in [4.78, 5) is 25.8. The molecular formula is C23H22F3N7O. The van der Waals surface area contributed by atoms with Crippen LogP contribution < -0.4 is 5.32 Å². The zero-order valence-corrected chi connectivity index (χ0v) is 18.4. The van der Waals surface area contributed by atoms with Crippen LogP contribution in [0.5, 0.6) is 0 Å². The van der Waals surface area contributed by atoms with Gasteiger partial charge >= 0.3 is 6.18 Å². The van der Waals surface area contributed by atoms with E-state index in [0.717, 1.165) is 5.56 Å². The summed E-state index contributed by atoms with van der Waals surface area (Å²) in [6.07, 6.45) is -0.371. The number of nitrogens with one attached hydrogen (secondary N) is 1. The van der Waals surface area contributed by atoms with Crippen LogP contribution in [-0.2, 0) is 25.9 Å². The van der Waals surface area contributed by atoms with Gasteiger partial charge in [0, 0.05) is 37.5 Å². The predicted molar refractivity (Wildman–Crippen MR) is 117 cm³/mol. The van der Waals surface area contributed by atoms with E-state index in [9.17, 15) is 18.0 Å². The summed E-state index contributed by atoms with van der Waals surface area (Å²) in [5.41, 5.74) is 2.71. The Labute approximate surface area is 192 Å². The molecule has 0 fully saturated rings. The van der Waals surface area contributed by atoms with Crippen LogP contribution in [0.1, 0.15) is 40.9 Å². The van der Waals surface area contributed by atoms with Gasteiger partial charge in [0.25, 0.3) is 5.91 Å².